The van der Waals surface area contributed by atoms with E-state index >= 15 is 0 Å². The fraction of sp³-hybridized carbons (Fsp3) is 0.462. The first kappa shape index (κ1) is 13.9. The van der Waals surface area contributed by atoms with Crippen LogP contribution in [0.4, 0.5) is 0 Å². The SMILES string of the molecule is CN[C@@H](C)c1ncnn1-c1ccc([Si](C)(C)C)cn1. The molecule has 0 fully saturated rings. The summed E-state index contributed by atoms with van der Waals surface area (Å²) in [5.74, 6) is 1.69. The zero-order chi connectivity index (χ0) is 14.0. The van der Waals surface area contributed by atoms with Gasteiger partial charge in [0, 0.05) is 6.20 Å². The molecule has 2 aromatic heterocycles. The summed E-state index contributed by atoms with van der Waals surface area (Å²) in [6, 6.07) is 4.32. The summed E-state index contributed by atoms with van der Waals surface area (Å²) in [5, 5.41) is 8.78. The molecule has 0 aliphatic heterocycles. The third-order valence-corrected chi connectivity index (χ3v) is 5.25. The average molecular weight is 275 g/mol. The molecule has 2 aromatic rings. The second-order valence-corrected chi connectivity index (χ2v) is 10.8. The van der Waals surface area contributed by atoms with E-state index in [-0.39, 0.29) is 6.04 Å². The molecule has 0 saturated heterocycles. The molecule has 102 valence electrons. The largest absolute Gasteiger partial charge is 0.311 e. The van der Waals surface area contributed by atoms with Crippen LogP contribution in [0, 0.1) is 0 Å². The van der Waals surface area contributed by atoms with Gasteiger partial charge in [-0.15, -0.1) is 0 Å². The molecule has 6 heteroatoms. The third kappa shape index (κ3) is 2.90. The van der Waals surface area contributed by atoms with Crippen LogP contribution in [0.2, 0.25) is 19.6 Å². The number of hydrogen-bond acceptors (Lipinski definition) is 4. The summed E-state index contributed by atoms with van der Waals surface area (Å²) in [6.07, 6.45) is 3.54. The van der Waals surface area contributed by atoms with E-state index in [4.69, 9.17) is 0 Å². The Hall–Kier alpha value is -1.53. The van der Waals surface area contributed by atoms with Crippen molar-refractivity contribution in [2.45, 2.75) is 32.6 Å². The second kappa shape index (κ2) is 5.22. The van der Waals surface area contributed by atoms with Gasteiger partial charge in [-0.1, -0.05) is 25.7 Å². The van der Waals surface area contributed by atoms with Crippen molar-refractivity contribution >= 4 is 13.3 Å². The summed E-state index contributed by atoms with van der Waals surface area (Å²) in [4.78, 5) is 8.82. The molecule has 0 aliphatic rings. The third-order valence-electron chi connectivity index (χ3n) is 3.23. The van der Waals surface area contributed by atoms with E-state index in [2.05, 4.69) is 53.0 Å². The highest BCUT2D eigenvalue weighted by atomic mass is 28.3. The number of nitrogens with zero attached hydrogens (tertiary/aromatic N) is 4. The van der Waals surface area contributed by atoms with E-state index in [9.17, 15) is 0 Å². The molecule has 0 aliphatic carbocycles. The molecular weight excluding hydrogens is 254 g/mol. The van der Waals surface area contributed by atoms with Gasteiger partial charge in [-0.25, -0.2) is 9.97 Å². The van der Waals surface area contributed by atoms with E-state index in [0.29, 0.717) is 0 Å². The van der Waals surface area contributed by atoms with Crippen LogP contribution >= 0.6 is 0 Å². The molecular formula is C13H21N5Si. The minimum absolute atomic E-state index is 0.140. The molecule has 2 heterocycles. The Morgan fingerprint density at radius 3 is 2.47 bits per heavy atom. The molecule has 0 saturated carbocycles. The fourth-order valence-electron chi connectivity index (χ4n) is 1.81. The normalized spacial score (nSPS) is 13.5. The van der Waals surface area contributed by atoms with Crippen LogP contribution in [0.15, 0.2) is 24.7 Å². The van der Waals surface area contributed by atoms with Crippen molar-refractivity contribution in [3.8, 4) is 5.82 Å². The van der Waals surface area contributed by atoms with Gasteiger partial charge < -0.3 is 5.32 Å². The predicted molar refractivity (Wildman–Crippen MR) is 79.6 cm³/mol. The number of pyridine rings is 1. The predicted octanol–water partition coefficient (Wildman–Crippen LogP) is 1.49. The van der Waals surface area contributed by atoms with Crippen molar-refractivity contribution in [1.82, 2.24) is 25.1 Å². The van der Waals surface area contributed by atoms with Crippen molar-refractivity contribution in [1.29, 1.82) is 0 Å². The van der Waals surface area contributed by atoms with Gasteiger partial charge in [-0.05, 0) is 25.2 Å². The van der Waals surface area contributed by atoms with Gasteiger partial charge in [-0.2, -0.15) is 9.78 Å². The first-order valence-corrected chi connectivity index (χ1v) is 9.97. The molecule has 1 atom stereocenters. The minimum Gasteiger partial charge on any atom is -0.311 e. The lowest BCUT2D eigenvalue weighted by Crippen LogP contribution is -2.37. The van der Waals surface area contributed by atoms with Crippen LogP contribution in [0.25, 0.3) is 5.82 Å². The smallest absolute Gasteiger partial charge is 0.155 e. The van der Waals surface area contributed by atoms with Crippen molar-refractivity contribution < 1.29 is 0 Å². The second-order valence-electron chi connectivity index (χ2n) is 5.70. The topological polar surface area (TPSA) is 55.6 Å². The molecule has 1 N–H and O–H groups in total. The first-order chi connectivity index (χ1) is 8.93. The van der Waals surface area contributed by atoms with Gasteiger partial charge >= 0.3 is 0 Å². The Morgan fingerprint density at radius 1 is 1.21 bits per heavy atom. The van der Waals surface area contributed by atoms with Gasteiger partial charge in [0.15, 0.2) is 11.6 Å². The first-order valence-electron chi connectivity index (χ1n) is 6.47. The van der Waals surface area contributed by atoms with E-state index < -0.39 is 8.07 Å². The molecule has 0 unspecified atom stereocenters. The van der Waals surface area contributed by atoms with Crippen LogP contribution < -0.4 is 10.5 Å². The van der Waals surface area contributed by atoms with Crippen LogP contribution in [0.5, 0.6) is 0 Å². The summed E-state index contributed by atoms with van der Waals surface area (Å²) >= 11 is 0. The number of aromatic nitrogens is 4. The lowest BCUT2D eigenvalue weighted by atomic mass is 10.3. The Morgan fingerprint density at radius 2 is 1.95 bits per heavy atom. The highest BCUT2D eigenvalue weighted by Gasteiger charge is 2.18. The maximum Gasteiger partial charge on any atom is 0.155 e. The summed E-state index contributed by atoms with van der Waals surface area (Å²) in [6.45, 7) is 8.99. The van der Waals surface area contributed by atoms with Crippen LogP contribution in [0.3, 0.4) is 0 Å². The molecule has 0 aromatic carbocycles. The van der Waals surface area contributed by atoms with Crippen LogP contribution in [-0.4, -0.2) is 34.9 Å². The Kier molecular flexibility index (Phi) is 3.82. The van der Waals surface area contributed by atoms with Crippen molar-refractivity contribution in [2.24, 2.45) is 0 Å². The highest BCUT2D eigenvalue weighted by molar-refractivity contribution is 6.88. The molecule has 19 heavy (non-hydrogen) atoms. The standard InChI is InChI=1S/C13H21N5Si/c1-10(14-2)13-16-9-17-18(13)12-7-6-11(8-15-12)19(3,4)5/h6-10,14H,1-5H3/t10-/m0/s1. The molecule has 2 rings (SSSR count). The minimum atomic E-state index is -1.30. The lowest BCUT2D eigenvalue weighted by molar-refractivity contribution is 0.585. The monoisotopic (exact) mass is 275 g/mol. The van der Waals surface area contributed by atoms with Crippen molar-refractivity contribution in [3.63, 3.8) is 0 Å². The molecule has 0 bridgehead atoms. The van der Waals surface area contributed by atoms with Gasteiger partial charge in [-0.3, -0.25) is 0 Å². The summed E-state index contributed by atoms with van der Waals surface area (Å²) in [5.41, 5.74) is 0. The molecule has 0 radical (unpaired) electrons. The van der Waals surface area contributed by atoms with E-state index in [0.717, 1.165) is 11.6 Å². The van der Waals surface area contributed by atoms with Crippen LogP contribution in [-0.2, 0) is 0 Å². The molecule has 0 amide bonds. The van der Waals surface area contributed by atoms with E-state index in [1.165, 1.54) is 5.19 Å². The summed E-state index contributed by atoms with van der Waals surface area (Å²) in [7, 11) is 0.605. The maximum absolute atomic E-state index is 4.53. The van der Waals surface area contributed by atoms with Crippen molar-refractivity contribution in [2.75, 3.05) is 7.05 Å². The molecule has 0 spiro atoms. The Bertz CT molecular complexity index is 541. The van der Waals surface area contributed by atoms with Crippen molar-refractivity contribution in [3.05, 3.63) is 30.5 Å². The van der Waals surface area contributed by atoms with Crippen LogP contribution in [0.1, 0.15) is 18.8 Å². The highest BCUT2D eigenvalue weighted by Crippen LogP contribution is 2.12. The number of rotatable bonds is 4. The molecule has 5 nitrogen and oxygen atoms in total. The number of hydrogen-bond donors (Lipinski definition) is 1. The number of nitrogens with one attached hydrogen (secondary N) is 1. The van der Waals surface area contributed by atoms with E-state index in [1.807, 2.05) is 19.3 Å². The maximum atomic E-state index is 4.53. The fourth-order valence-corrected chi connectivity index (χ4v) is 2.84. The Balaban J connectivity index is 2.36. The van der Waals surface area contributed by atoms with E-state index in [1.54, 1.807) is 11.0 Å². The quantitative estimate of drug-likeness (QED) is 0.859. The van der Waals surface area contributed by atoms with Gasteiger partial charge in [0.2, 0.25) is 0 Å². The summed E-state index contributed by atoms with van der Waals surface area (Å²) < 4.78 is 1.79. The van der Waals surface area contributed by atoms with Gasteiger partial charge in [0.1, 0.15) is 6.33 Å². The van der Waals surface area contributed by atoms with Gasteiger partial charge in [0.25, 0.3) is 0 Å². The Labute approximate surface area is 115 Å². The zero-order valence-electron chi connectivity index (χ0n) is 12.2. The average Bonchev–Trinajstić information content (AvgIpc) is 2.86. The lowest BCUT2D eigenvalue weighted by Gasteiger charge is -2.16. The zero-order valence-corrected chi connectivity index (χ0v) is 13.2. The van der Waals surface area contributed by atoms with Gasteiger partial charge in [0.05, 0.1) is 14.1 Å².